The van der Waals surface area contributed by atoms with E-state index in [1.54, 1.807) is 0 Å². The normalized spacial score (nSPS) is 12.2. The van der Waals surface area contributed by atoms with Crippen LogP contribution in [0.1, 0.15) is 52.9 Å². The number of rotatable bonds is 9. The number of nitrogens with zero attached hydrogens (tertiary/aromatic N) is 3. The van der Waals surface area contributed by atoms with E-state index >= 15 is 0 Å². The number of ether oxygens (including phenoxy) is 1. The van der Waals surface area contributed by atoms with Crippen molar-refractivity contribution in [2.45, 2.75) is 58.9 Å². The van der Waals surface area contributed by atoms with Crippen molar-refractivity contribution in [2.24, 2.45) is 0 Å². The highest BCUT2D eigenvalue weighted by Gasteiger charge is 2.08. The number of nitrogen functional groups attached to an aromatic ring is 1. The third kappa shape index (κ3) is 6.22. The minimum absolute atomic E-state index is 0.185. The van der Waals surface area contributed by atoms with Crippen LogP contribution < -0.4 is 15.8 Å². The van der Waals surface area contributed by atoms with Gasteiger partial charge in [0.15, 0.2) is 0 Å². The molecule has 0 amide bonds. The van der Waals surface area contributed by atoms with Crippen molar-refractivity contribution in [3.63, 3.8) is 0 Å². The van der Waals surface area contributed by atoms with E-state index in [0.717, 1.165) is 12.8 Å². The maximum absolute atomic E-state index is 5.65. The van der Waals surface area contributed by atoms with Gasteiger partial charge in [-0.1, -0.05) is 33.1 Å². The van der Waals surface area contributed by atoms with E-state index in [1.165, 1.54) is 19.3 Å². The smallest absolute Gasteiger partial charge is 0.323 e. The van der Waals surface area contributed by atoms with Gasteiger partial charge in [0.2, 0.25) is 11.9 Å². The highest BCUT2D eigenvalue weighted by molar-refractivity contribution is 5.33. The molecule has 1 atom stereocenters. The molecule has 1 rings (SSSR count). The van der Waals surface area contributed by atoms with Gasteiger partial charge >= 0.3 is 6.01 Å². The second-order valence-electron chi connectivity index (χ2n) is 4.69. The van der Waals surface area contributed by atoms with Gasteiger partial charge in [-0.3, -0.25) is 0 Å². The molecule has 0 bridgehead atoms. The average Bonchev–Trinajstić information content (AvgIpc) is 2.36. The molecule has 0 fully saturated rings. The van der Waals surface area contributed by atoms with Crippen LogP contribution in [0.5, 0.6) is 6.01 Å². The van der Waals surface area contributed by atoms with Crippen LogP contribution in [0.3, 0.4) is 0 Å². The first-order valence-corrected chi connectivity index (χ1v) is 7.06. The van der Waals surface area contributed by atoms with Crippen molar-refractivity contribution in [1.29, 1.82) is 0 Å². The van der Waals surface area contributed by atoms with Crippen LogP contribution >= 0.6 is 0 Å². The number of hydrogen-bond donors (Lipinski definition) is 2. The van der Waals surface area contributed by atoms with E-state index in [2.05, 4.69) is 34.1 Å². The fraction of sp³-hybridized carbons (Fsp3) is 0.769. The van der Waals surface area contributed by atoms with Crippen molar-refractivity contribution < 1.29 is 4.74 Å². The molecular formula is C13H25N5O. The van der Waals surface area contributed by atoms with Gasteiger partial charge in [-0.2, -0.15) is 15.0 Å². The molecule has 0 radical (unpaired) electrons. The molecule has 0 aromatic carbocycles. The van der Waals surface area contributed by atoms with Gasteiger partial charge in [0.05, 0.1) is 6.61 Å². The van der Waals surface area contributed by atoms with E-state index in [-0.39, 0.29) is 12.0 Å². The summed E-state index contributed by atoms with van der Waals surface area (Å²) in [6, 6.07) is 0.602. The topological polar surface area (TPSA) is 86.0 Å². The van der Waals surface area contributed by atoms with Crippen molar-refractivity contribution in [2.75, 3.05) is 17.7 Å². The van der Waals surface area contributed by atoms with E-state index in [1.807, 2.05) is 6.92 Å². The quantitative estimate of drug-likeness (QED) is 0.669. The maximum Gasteiger partial charge on any atom is 0.323 e. The minimum atomic E-state index is 0.185. The molecule has 1 aromatic heterocycles. The fourth-order valence-corrected chi connectivity index (χ4v) is 1.69. The van der Waals surface area contributed by atoms with Gasteiger partial charge < -0.3 is 15.8 Å². The Bertz CT molecular complexity index is 372. The number of hydrogen-bond acceptors (Lipinski definition) is 6. The van der Waals surface area contributed by atoms with Crippen molar-refractivity contribution in [3.05, 3.63) is 0 Å². The van der Waals surface area contributed by atoms with Crippen molar-refractivity contribution in [3.8, 4) is 6.01 Å². The van der Waals surface area contributed by atoms with Crippen LogP contribution in [-0.2, 0) is 0 Å². The molecule has 0 spiro atoms. The van der Waals surface area contributed by atoms with Gasteiger partial charge in [-0.15, -0.1) is 0 Å². The third-order valence-corrected chi connectivity index (χ3v) is 2.68. The third-order valence-electron chi connectivity index (χ3n) is 2.68. The predicted octanol–water partition coefficient (Wildman–Crippen LogP) is 2.62. The SMILES string of the molecule is CCCCCC(C)Nc1nc(N)nc(OCCC)n1. The Morgan fingerprint density at radius 1 is 1.16 bits per heavy atom. The largest absolute Gasteiger partial charge is 0.463 e. The summed E-state index contributed by atoms with van der Waals surface area (Å²) < 4.78 is 5.37. The molecule has 0 aliphatic carbocycles. The summed E-state index contributed by atoms with van der Waals surface area (Å²) in [5, 5.41) is 3.24. The zero-order valence-corrected chi connectivity index (χ0v) is 12.1. The molecule has 108 valence electrons. The van der Waals surface area contributed by atoms with E-state index in [0.29, 0.717) is 18.6 Å². The van der Waals surface area contributed by atoms with Gasteiger partial charge in [0.25, 0.3) is 0 Å². The zero-order valence-electron chi connectivity index (χ0n) is 12.1. The molecule has 0 aliphatic rings. The number of aromatic nitrogens is 3. The Balaban J connectivity index is 2.54. The van der Waals surface area contributed by atoms with Gasteiger partial charge in [0, 0.05) is 6.04 Å². The van der Waals surface area contributed by atoms with E-state index in [9.17, 15) is 0 Å². The molecular weight excluding hydrogens is 242 g/mol. The Labute approximate surface area is 115 Å². The monoisotopic (exact) mass is 267 g/mol. The molecule has 1 unspecified atom stereocenters. The van der Waals surface area contributed by atoms with Gasteiger partial charge in [-0.05, 0) is 19.8 Å². The molecule has 0 saturated carbocycles. The van der Waals surface area contributed by atoms with Crippen LogP contribution in [0.2, 0.25) is 0 Å². The number of anilines is 2. The second-order valence-corrected chi connectivity index (χ2v) is 4.69. The highest BCUT2D eigenvalue weighted by Crippen LogP contribution is 2.12. The standard InChI is InChI=1S/C13H25N5O/c1-4-6-7-8-10(3)15-12-16-11(14)17-13(18-12)19-9-5-2/h10H,4-9H2,1-3H3,(H3,14,15,16,17,18). The molecule has 6 nitrogen and oxygen atoms in total. The Morgan fingerprint density at radius 3 is 2.63 bits per heavy atom. The van der Waals surface area contributed by atoms with Crippen LogP contribution in [-0.4, -0.2) is 27.6 Å². The van der Waals surface area contributed by atoms with E-state index < -0.39 is 0 Å². The second kappa shape index (κ2) is 8.50. The lowest BCUT2D eigenvalue weighted by molar-refractivity contribution is 0.292. The molecule has 19 heavy (non-hydrogen) atoms. The van der Waals surface area contributed by atoms with Crippen molar-refractivity contribution in [1.82, 2.24) is 15.0 Å². The first-order chi connectivity index (χ1) is 9.15. The predicted molar refractivity (Wildman–Crippen MR) is 77.3 cm³/mol. The Kier molecular flexibility index (Phi) is 6.92. The minimum Gasteiger partial charge on any atom is -0.463 e. The first kappa shape index (κ1) is 15.5. The lowest BCUT2D eigenvalue weighted by Crippen LogP contribution is -2.18. The number of unbranched alkanes of at least 4 members (excludes halogenated alkanes) is 2. The number of nitrogens with two attached hydrogens (primary N) is 1. The van der Waals surface area contributed by atoms with Crippen LogP contribution in [0.4, 0.5) is 11.9 Å². The zero-order chi connectivity index (χ0) is 14.1. The van der Waals surface area contributed by atoms with Crippen LogP contribution in [0, 0.1) is 0 Å². The summed E-state index contributed by atoms with van der Waals surface area (Å²) in [5.41, 5.74) is 5.65. The molecule has 1 aromatic rings. The highest BCUT2D eigenvalue weighted by atomic mass is 16.5. The van der Waals surface area contributed by atoms with Gasteiger partial charge in [-0.25, -0.2) is 0 Å². The van der Waals surface area contributed by atoms with Crippen molar-refractivity contribution >= 4 is 11.9 Å². The maximum atomic E-state index is 5.65. The Morgan fingerprint density at radius 2 is 1.95 bits per heavy atom. The summed E-state index contributed by atoms with van der Waals surface area (Å²) in [6.45, 7) is 6.92. The molecule has 0 aliphatic heterocycles. The lowest BCUT2D eigenvalue weighted by Gasteiger charge is -2.14. The molecule has 0 saturated heterocycles. The Hall–Kier alpha value is -1.59. The molecule has 6 heteroatoms. The van der Waals surface area contributed by atoms with E-state index in [4.69, 9.17) is 10.5 Å². The summed E-state index contributed by atoms with van der Waals surface area (Å²) in [7, 11) is 0. The number of nitrogens with one attached hydrogen (secondary N) is 1. The van der Waals surface area contributed by atoms with Crippen LogP contribution in [0.15, 0.2) is 0 Å². The van der Waals surface area contributed by atoms with Crippen LogP contribution in [0.25, 0.3) is 0 Å². The first-order valence-electron chi connectivity index (χ1n) is 7.06. The average molecular weight is 267 g/mol. The lowest BCUT2D eigenvalue weighted by atomic mass is 10.1. The summed E-state index contributed by atoms with van der Waals surface area (Å²) in [5.74, 6) is 0.673. The van der Waals surface area contributed by atoms with Gasteiger partial charge in [0.1, 0.15) is 0 Å². The molecule has 3 N–H and O–H groups in total. The molecule has 1 heterocycles. The fourth-order valence-electron chi connectivity index (χ4n) is 1.69. The summed E-state index contributed by atoms with van der Waals surface area (Å²) >= 11 is 0. The summed E-state index contributed by atoms with van der Waals surface area (Å²) in [4.78, 5) is 12.2. The summed E-state index contributed by atoms with van der Waals surface area (Å²) in [6.07, 6.45) is 5.66.